The van der Waals surface area contributed by atoms with E-state index in [1.807, 2.05) is 78.0 Å². The van der Waals surface area contributed by atoms with Crippen molar-refractivity contribution >= 4 is 6.29 Å². The molecule has 164 valence electrons. The maximum Gasteiger partial charge on any atom is 0.128 e. The van der Waals surface area contributed by atoms with E-state index in [0.29, 0.717) is 5.57 Å². The SMILES string of the molecule is C=CC(=C\C(F)=C/C)/C(=C/C)/C=C(\C)C(C)(C)C(C=O)c1ccc(C(C)(C)C#N)cc1. The van der Waals surface area contributed by atoms with Crippen molar-refractivity contribution in [2.24, 2.45) is 5.41 Å². The Morgan fingerprint density at radius 2 is 1.65 bits per heavy atom. The number of nitriles is 1. The number of benzene rings is 1. The van der Waals surface area contributed by atoms with Crippen LogP contribution < -0.4 is 0 Å². The van der Waals surface area contributed by atoms with Gasteiger partial charge in [0.05, 0.1) is 11.5 Å². The van der Waals surface area contributed by atoms with Gasteiger partial charge in [-0.25, -0.2) is 4.39 Å². The normalized spacial score (nSPS) is 15.3. The first-order valence-electron chi connectivity index (χ1n) is 10.5. The molecule has 0 spiro atoms. The van der Waals surface area contributed by atoms with E-state index in [-0.39, 0.29) is 11.7 Å². The molecule has 0 aromatic heterocycles. The summed E-state index contributed by atoms with van der Waals surface area (Å²) in [5, 5.41) is 9.36. The van der Waals surface area contributed by atoms with Crippen LogP contribution in [0.5, 0.6) is 0 Å². The highest BCUT2D eigenvalue weighted by Crippen LogP contribution is 2.41. The van der Waals surface area contributed by atoms with Crippen LogP contribution >= 0.6 is 0 Å². The first-order valence-corrected chi connectivity index (χ1v) is 10.5. The predicted octanol–water partition coefficient (Wildman–Crippen LogP) is 7.67. The zero-order valence-corrected chi connectivity index (χ0v) is 19.8. The van der Waals surface area contributed by atoms with Gasteiger partial charge >= 0.3 is 0 Å². The molecule has 0 aliphatic heterocycles. The number of allylic oxidation sites excluding steroid dienone is 9. The summed E-state index contributed by atoms with van der Waals surface area (Å²) in [5.74, 6) is -0.699. The third-order valence-corrected chi connectivity index (χ3v) is 6.01. The van der Waals surface area contributed by atoms with E-state index >= 15 is 0 Å². The van der Waals surface area contributed by atoms with Crippen LogP contribution in [0, 0.1) is 16.7 Å². The van der Waals surface area contributed by atoms with Crippen LogP contribution in [-0.4, -0.2) is 6.29 Å². The van der Waals surface area contributed by atoms with Crippen molar-refractivity contribution in [3.05, 3.63) is 94.9 Å². The number of hydrogen-bond acceptors (Lipinski definition) is 2. The first-order chi connectivity index (χ1) is 14.5. The van der Waals surface area contributed by atoms with Crippen LogP contribution in [0.3, 0.4) is 0 Å². The minimum Gasteiger partial charge on any atom is -0.303 e. The van der Waals surface area contributed by atoms with Gasteiger partial charge in [-0.1, -0.05) is 74.6 Å². The second-order valence-electron chi connectivity index (χ2n) is 8.74. The topological polar surface area (TPSA) is 40.9 Å². The first kappa shape index (κ1) is 26.0. The Hall–Kier alpha value is -2.99. The van der Waals surface area contributed by atoms with Gasteiger partial charge in [0.15, 0.2) is 0 Å². The lowest BCUT2D eigenvalue weighted by Gasteiger charge is -2.33. The lowest BCUT2D eigenvalue weighted by molar-refractivity contribution is -0.110. The molecule has 0 bridgehead atoms. The second-order valence-corrected chi connectivity index (χ2v) is 8.74. The quantitative estimate of drug-likeness (QED) is 0.304. The molecule has 0 radical (unpaired) electrons. The molecular formula is C28H34FNO. The Morgan fingerprint density at radius 3 is 2.06 bits per heavy atom. The minimum atomic E-state index is -0.586. The molecule has 1 aromatic carbocycles. The molecule has 0 saturated carbocycles. The summed E-state index contributed by atoms with van der Waals surface area (Å²) in [4.78, 5) is 12.1. The standard InChI is InChI=1S/C28H34FNO/c1-9-21(22(10-2)17-25(29)11-3)16-20(4)28(7,8)26(18-31)23-12-14-24(15-13-23)27(5,6)19-30/h9-18,26H,2H2,1,3-8H3/b20-16+,21-9+,22-17+,25-11+. The van der Waals surface area contributed by atoms with Crippen molar-refractivity contribution in [3.8, 4) is 6.07 Å². The van der Waals surface area contributed by atoms with Crippen LogP contribution in [0.1, 0.15) is 65.5 Å². The average Bonchev–Trinajstić information content (AvgIpc) is 2.76. The highest BCUT2D eigenvalue weighted by Gasteiger charge is 2.33. The highest BCUT2D eigenvalue weighted by atomic mass is 19.1. The van der Waals surface area contributed by atoms with E-state index in [9.17, 15) is 14.4 Å². The molecule has 2 nitrogen and oxygen atoms in total. The Bertz CT molecular complexity index is 963. The molecule has 0 aliphatic carbocycles. The van der Waals surface area contributed by atoms with E-state index in [0.717, 1.165) is 28.6 Å². The molecule has 0 amide bonds. The summed E-state index contributed by atoms with van der Waals surface area (Å²) in [7, 11) is 0. The summed E-state index contributed by atoms with van der Waals surface area (Å²) in [6.07, 6.45) is 9.34. The monoisotopic (exact) mass is 419 g/mol. The van der Waals surface area contributed by atoms with Gasteiger partial charge in [0, 0.05) is 5.92 Å². The number of carbonyl (C=O) groups excluding carboxylic acids is 1. The fourth-order valence-electron chi connectivity index (χ4n) is 3.33. The van der Waals surface area contributed by atoms with Crippen molar-refractivity contribution < 1.29 is 9.18 Å². The maximum absolute atomic E-state index is 13.8. The number of nitrogens with zero attached hydrogens (tertiary/aromatic N) is 1. The van der Waals surface area contributed by atoms with E-state index in [1.165, 1.54) is 12.2 Å². The molecule has 0 N–H and O–H groups in total. The van der Waals surface area contributed by atoms with Crippen LogP contribution in [0.25, 0.3) is 0 Å². The van der Waals surface area contributed by atoms with Gasteiger partial charge in [0.1, 0.15) is 12.1 Å². The van der Waals surface area contributed by atoms with Gasteiger partial charge in [0.2, 0.25) is 0 Å². The fourth-order valence-corrected chi connectivity index (χ4v) is 3.33. The molecule has 0 saturated heterocycles. The molecule has 1 atom stereocenters. The van der Waals surface area contributed by atoms with Gasteiger partial charge in [-0.15, -0.1) is 0 Å². The van der Waals surface area contributed by atoms with E-state index in [2.05, 4.69) is 12.6 Å². The van der Waals surface area contributed by atoms with E-state index in [1.54, 1.807) is 13.0 Å². The molecular weight excluding hydrogens is 385 g/mol. The van der Waals surface area contributed by atoms with E-state index in [4.69, 9.17) is 0 Å². The van der Waals surface area contributed by atoms with Crippen molar-refractivity contribution in [2.45, 2.75) is 59.8 Å². The summed E-state index contributed by atoms with van der Waals surface area (Å²) in [6.45, 7) is 17.1. The Balaban J connectivity index is 3.38. The zero-order chi connectivity index (χ0) is 23.8. The summed E-state index contributed by atoms with van der Waals surface area (Å²) in [6, 6.07) is 9.99. The third kappa shape index (κ3) is 6.25. The molecule has 1 rings (SSSR count). The summed E-state index contributed by atoms with van der Waals surface area (Å²) >= 11 is 0. The molecule has 1 unspecified atom stereocenters. The number of hydrogen-bond donors (Lipinski definition) is 0. The summed E-state index contributed by atoms with van der Waals surface area (Å²) in [5.41, 5.74) is 3.26. The number of halogens is 1. The van der Waals surface area contributed by atoms with Gasteiger partial charge in [-0.3, -0.25) is 0 Å². The van der Waals surface area contributed by atoms with Gasteiger partial charge < -0.3 is 4.79 Å². The predicted molar refractivity (Wildman–Crippen MR) is 128 cm³/mol. The summed E-state index contributed by atoms with van der Waals surface area (Å²) < 4.78 is 13.8. The largest absolute Gasteiger partial charge is 0.303 e. The van der Waals surface area contributed by atoms with Crippen LogP contribution in [-0.2, 0) is 10.2 Å². The fraction of sp³-hybridized carbons (Fsp3) is 0.357. The number of rotatable bonds is 9. The van der Waals surface area contributed by atoms with Crippen LogP contribution in [0.15, 0.2) is 83.8 Å². The van der Waals surface area contributed by atoms with Crippen molar-refractivity contribution in [1.29, 1.82) is 5.26 Å². The van der Waals surface area contributed by atoms with Crippen molar-refractivity contribution in [3.63, 3.8) is 0 Å². The van der Waals surface area contributed by atoms with Crippen molar-refractivity contribution in [2.75, 3.05) is 0 Å². The van der Waals surface area contributed by atoms with Gasteiger partial charge in [-0.05, 0) is 68.4 Å². The Morgan fingerprint density at radius 1 is 1.06 bits per heavy atom. The molecule has 3 heteroatoms. The average molecular weight is 420 g/mol. The molecule has 0 aliphatic rings. The third-order valence-electron chi connectivity index (χ3n) is 6.01. The molecule has 31 heavy (non-hydrogen) atoms. The molecule has 0 fully saturated rings. The van der Waals surface area contributed by atoms with Crippen LogP contribution in [0.2, 0.25) is 0 Å². The minimum absolute atomic E-state index is 0.328. The van der Waals surface area contributed by atoms with Crippen LogP contribution in [0.4, 0.5) is 4.39 Å². The van der Waals surface area contributed by atoms with Gasteiger partial charge in [-0.2, -0.15) is 5.26 Å². The van der Waals surface area contributed by atoms with E-state index < -0.39 is 10.8 Å². The number of aldehydes is 1. The smallest absolute Gasteiger partial charge is 0.128 e. The lowest BCUT2D eigenvalue weighted by Crippen LogP contribution is -2.25. The lowest BCUT2D eigenvalue weighted by atomic mass is 9.70. The number of carbonyl (C=O) groups is 1. The van der Waals surface area contributed by atoms with Crippen molar-refractivity contribution in [1.82, 2.24) is 0 Å². The highest BCUT2D eigenvalue weighted by molar-refractivity contribution is 5.65. The molecule has 0 heterocycles. The Kier molecular flexibility index (Phi) is 9.13. The molecule has 1 aromatic rings. The zero-order valence-electron chi connectivity index (χ0n) is 19.8. The van der Waals surface area contributed by atoms with Gasteiger partial charge in [0.25, 0.3) is 0 Å². The maximum atomic E-state index is 13.8. The Labute approximate surface area is 187 Å². The second kappa shape index (κ2) is 10.9.